The molecule has 1 fully saturated rings. The Kier molecular flexibility index (Phi) is 4.91. The average molecular weight is 346 g/mol. The van der Waals surface area contributed by atoms with Crippen LogP contribution in [0.5, 0.6) is 0 Å². The molecule has 0 N–H and O–H groups in total. The summed E-state index contributed by atoms with van der Waals surface area (Å²) in [5.41, 5.74) is 6.47. The minimum Gasteiger partial charge on any atom is -0.357 e. The molecule has 1 aliphatic rings. The zero-order valence-electron chi connectivity index (χ0n) is 15.6. The van der Waals surface area contributed by atoms with Crippen molar-refractivity contribution in [2.75, 3.05) is 13.2 Å². The Morgan fingerprint density at radius 3 is 2.65 bits per heavy atom. The molecule has 2 heterocycles. The van der Waals surface area contributed by atoms with Crippen LogP contribution in [0.3, 0.4) is 0 Å². The molecular weight excluding hydrogens is 320 g/mol. The highest BCUT2D eigenvalue weighted by molar-refractivity contribution is 5.42. The van der Waals surface area contributed by atoms with Gasteiger partial charge in [-0.05, 0) is 36.6 Å². The third-order valence-corrected chi connectivity index (χ3v) is 5.14. The van der Waals surface area contributed by atoms with Gasteiger partial charge < -0.3 is 9.30 Å². The lowest BCUT2D eigenvalue weighted by Crippen LogP contribution is -2.23. The van der Waals surface area contributed by atoms with E-state index in [0.717, 1.165) is 26.1 Å². The van der Waals surface area contributed by atoms with Crippen LogP contribution >= 0.6 is 0 Å². The number of aryl methyl sites for hydroxylation is 2. The molecule has 3 heteroatoms. The summed E-state index contributed by atoms with van der Waals surface area (Å²) in [6.07, 6.45) is 5.43. The van der Waals surface area contributed by atoms with Crippen molar-refractivity contribution in [3.63, 3.8) is 0 Å². The van der Waals surface area contributed by atoms with Crippen molar-refractivity contribution in [2.45, 2.75) is 33.0 Å². The van der Waals surface area contributed by atoms with Gasteiger partial charge in [0, 0.05) is 36.7 Å². The summed E-state index contributed by atoms with van der Waals surface area (Å²) < 4.78 is 8.29. The maximum absolute atomic E-state index is 6.07. The average Bonchev–Trinajstić information content (AvgIpc) is 3.33. The largest absolute Gasteiger partial charge is 0.357 e. The molecule has 0 radical (unpaired) electrons. The molecule has 0 aliphatic carbocycles. The van der Waals surface area contributed by atoms with Crippen LogP contribution in [0.2, 0.25) is 0 Å². The Hall–Kier alpha value is -2.36. The number of ether oxygens (including phenoxy) is 1. The fraction of sp³-hybridized carbons (Fsp3) is 0.304. The summed E-state index contributed by atoms with van der Waals surface area (Å²) in [7, 11) is 0. The summed E-state index contributed by atoms with van der Waals surface area (Å²) in [4.78, 5) is 2.41. The van der Waals surface area contributed by atoms with Crippen LogP contribution in [0, 0.1) is 6.92 Å². The molecule has 2 aromatic carbocycles. The molecule has 0 bridgehead atoms. The van der Waals surface area contributed by atoms with Crippen LogP contribution in [0.4, 0.5) is 0 Å². The van der Waals surface area contributed by atoms with E-state index in [1.807, 2.05) is 0 Å². The first-order valence-corrected chi connectivity index (χ1v) is 9.42. The Balaban J connectivity index is 1.55. The molecule has 0 amide bonds. The first kappa shape index (κ1) is 17.1. The van der Waals surface area contributed by atoms with Crippen molar-refractivity contribution in [2.24, 2.45) is 0 Å². The van der Waals surface area contributed by atoms with Gasteiger partial charge >= 0.3 is 0 Å². The molecule has 0 saturated carbocycles. The Bertz CT molecular complexity index is 866. The Labute approximate surface area is 155 Å². The minimum atomic E-state index is 0.0336. The minimum absolute atomic E-state index is 0.0336. The summed E-state index contributed by atoms with van der Waals surface area (Å²) in [5, 5.41) is 0. The zero-order valence-corrected chi connectivity index (χ0v) is 15.6. The topological polar surface area (TPSA) is 17.4 Å². The highest BCUT2D eigenvalue weighted by Crippen LogP contribution is 2.30. The zero-order chi connectivity index (χ0) is 17.9. The fourth-order valence-electron chi connectivity index (χ4n) is 3.67. The number of rotatable bonds is 5. The first-order valence-electron chi connectivity index (χ1n) is 9.42. The van der Waals surface area contributed by atoms with Crippen LogP contribution in [0.25, 0.3) is 5.69 Å². The predicted octanol–water partition coefficient (Wildman–Crippen LogP) is 4.88. The lowest BCUT2D eigenvalue weighted by atomic mass is 10.1. The first-order chi connectivity index (χ1) is 12.7. The smallest absolute Gasteiger partial charge is 0.138 e. The summed E-state index contributed by atoms with van der Waals surface area (Å²) >= 11 is 0. The number of nitrogens with zero attached hydrogens (tertiary/aromatic N) is 2. The Morgan fingerprint density at radius 2 is 1.85 bits per heavy atom. The summed E-state index contributed by atoms with van der Waals surface area (Å²) in [6.45, 7) is 7.00. The quantitative estimate of drug-likeness (QED) is 0.655. The molecule has 3 nitrogen and oxygen atoms in total. The van der Waals surface area contributed by atoms with E-state index in [9.17, 15) is 0 Å². The van der Waals surface area contributed by atoms with E-state index >= 15 is 0 Å². The third-order valence-electron chi connectivity index (χ3n) is 5.14. The summed E-state index contributed by atoms with van der Waals surface area (Å²) in [6, 6.07) is 19.6. The predicted molar refractivity (Wildman–Crippen MR) is 105 cm³/mol. The number of hydrogen-bond acceptors (Lipinski definition) is 2. The lowest BCUT2D eigenvalue weighted by molar-refractivity contribution is 0.0288. The van der Waals surface area contributed by atoms with E-state index < -0.39 is 0 Å². The molecule has 1 atom stereocenters. The SMILES string of the molecule is CCc1ccccc1-n1ccc([C@@H]2OCCN2Cc2ccc(C)cc2)c1. The van der Waals surface area contributed by atoms with Gasteiger partial charge in [-0.2, -0.15) is 0 Å². The molecule has 1 saturated heterocycles. The second kappa shape index (κ2) is 7.48. The molecule has 0 spiro atoms. The van der Waals surface area contributed by atoms with Crippen molar-refractivity contribution in [1.29, 1.82) is 0 Å². The van der Waals surface area contributed by atoms with E-state index in [1.165, 1.54) is 27.9 Å². The van der Waals surface area contributed by atoms with Crippen LogP contribution < -0.4 is 0 Å². The highest BCUT2D eigenvalue weighted by atomic mass is 16.5. The van der Waals surface area contributed by atoms with Gasteiger partial charge in [0.2, 0.25) is 0 Å². The van der Waals surface area contributed by atoms with Crippen LogP contribution in [-0.4, -0.2) is 22.6 Å². The van der Waals surface area contributed by atoms with Gasteiger partial charge in [0.05, 0.1) is 6.61 Å². The van der Waals surface area contributed by atoms with E-state index in [0.29, 0.717) is 0 Å². The molecule has 1 aliphatic heterocycles. The summed E-state index contributed by atoms with van der Waals surface area (Å²) in [5.74, 6) is 0. The van der Waals surface area contributed by atoms with Gasteiger partial charge in [-0.3, -0.25) is 4.90 Å². The molecular formula is C23H26N2O. The second-order valence-electron chi connectivity index (χ2n) is 7.01. The normalized spacial score (nSPS) is 17.7. The molecule has 4 rings (SSSR count). The highest BCUT2D eigenvalue weighted by Gasteiger charge is 2.27. The number of hydrogen-bond donors (Lipinski definition) is 0. The third kappa shape index (κ3) is 3.46. The van der Waals surface area contributed by atoms with Crippen LogP contribution in [0.1, 0.15) is 35.4 Å². The second-order valence-corrected chi connectivity index (χ2v) is 7.01. The van der Waals surface area contributed by atoms with E-state index in [-0.39, 0.29) is 6.23 Å². The van der Waals surface area contributed by atoms with Crippen molar-refractivity contribution < 1.29 is 4.74 Å². The fourth-order valence-corrected chi connectivity index (χ4v) is 3.67. The van der Waals surface area contributed by atoms with E-state index in [2.05, 4.69) is 90.3 Å². The van der Waals surface area contributed by atoms with E-state index in [1.54, 1.807) is 0 Å². The number of aromatic nitrogens is 1. The Morgan fingerprint density at radius 1 is 1.04 bits per heavy atom. The maximum atomic E-state index is 6.07. The van der Waals surface area contributed by atoms with E-state index in [4.69, 9.17) is 4.74 Å². The van der Waals surface area contributed by atoms with Crippen LogP contribution in [0.15, 0.2) is 67.0 Å². The van der Waals surface area contributed by atoms with Crippen molar-refractivity contribution in [3.8, 4) is 5.69 Å². The van der Waals surface area contributed by atoms with Crippen molar-refractivity contribution in [1.82, 2.24) is 9.47 Å². The lowest BCUT2D eigenvalue weighted by Gasteiger charge is -2.22. The van der Waals surface area contributed by atoms with Gasteiger partial charge in [0.1, 0.15) is 6.23 Å². The van der Waals surface area contributed by atoms with Crippen molar-refractivity contribution >= 4 is 0 Å². The monoisotopic (exact) mass is 346 g/mol. The van der Waals surface area contributed by atoms with Gasteiger partial charge in [-0.25, -0.2) is 0 Å². The molecule has 3 aromatic rings. The van der Waals surface area contributed by atoms with Crippen molar-refractivity contribution in [3.05, 3.63) is 89.2 Å². The number of benzene rings is 2. The molecule has 0 unspecified atom stereocenters. The maximum Gasteiger partial charge on any atom is 0.138 e. The van der Waals surface area contributed by atoms with Gasteiger partial charge in [0.15, 0.2) is 0 Å². The van der Waals surface area contributed by atoms with Crippen LogP contribution in [-0.2, 0) is 17.7 Å². The van der Waals surface area contributed by atoms with Gasteiger partial charge in [-0.1, -0.05) is 55.0 Å². The standard InChI is InChI=1S/C23H26N2O/c1-3-20-6-4-5-7-22(20)24-13-12-21(17-24)23-25(14-15-26-23)16-19-10-8-18(2)9-11-19/h4-13,17,23H,3,14-16H2,1-2H3/t23-/m0/s1. The molecule has 1 aromatic heterocycles. The van der Waals surface area contributed by atoms with Gasteiger partial charge in [0.25, 0.3) is 0 Å². The molecule has 26 heavy (non-hydrogen) atoms. The van der Waals surface area contributed by atoms with Gasteiger partial charge in [-0.15, -0.1) is 0 Å². The number of para-hydroxylation sites is 1. The molecule has 134 valence electrons.